The van der Waals surface area contributed by atoms with Gasteiger partial charge in [0, 0.05) is 10.4 Å². The highest BCUT2D eigenvalue weighted by Crippen LogP contribution is 2.37. The molecule has 1 amide bonds. The van der Waals surface area contributed by atoms with Gasteiger partial charge in [-0.1, -0.05) is 30.3 Å². The number of carbonyl (C=O) groups excluding carboxylic acids is 1. The van der Waals surface area contributed by atoms with Gasteiger partial charge in [0.1, 0.15) is 0 Å². The van der Waals surface area contributed by atoms with Crippen molar-refractivity contribution in [2.75, 3.05) is 27.1 Å². The van der Waals surface area contributed by atoms with Gasteiger partial charge < -0.3 is 19.9 Å². The van der Waals surface area contributed by atoms with Crippen LogP contribution in [0, 0.1) is 0 Å². The summed E-state index contributed by atoms with van der Waals surface area (Å²) in [5, 5.41) is 4.45. The van der Waals surface area contributed by atoms with Crippen molar-refractivity contribution in [2.24, 2.45) is 5.10 Å². The van der Waals surface area contributed by atoms with Gasteiger partial charge in [-0.25, -0.2) is 5.43 Å². The SMILES string of the molecule is COc1cc(/C=N\NC(=O)c2cc(-c3ccccc3)sc2N)cc(OC)c1OC. The number of benzene rings is 2. The number of methoxy groups -OCH3 is 3. The molecule has 1 heterocycles. The van der Waals surface area contributed by atoms with E-state index in [9.17, 15) is 4.79 Å². The van der Waals surface area contributed by atoms with E-state index < -0.39 is 0 Å². The molecule has 1 aromatic heterocycles. The lowest BCUT2D eigenvalue weighted by Gasteiger charge is -2.12. The first-order valence-electron chi connectivity index (χ1n) is 8.65. The number of hydrogen-bond donors (Lipinski definition) is 2. The zero-order chi connectivity index (χ0) is 20.8. The molecule has 3 aromatic rings. The molecule has 0 radical (unpaired) electrons. The largest absolute Gasteiger partial charge is 0.493 e. The van der Waals surface area contributed by atoms with Gasteiger partial charge in [-0.3, -0.25) is 4.79 Å². The van der Waals surface area contributed by atoms with Crippen LogP contribution in [-0.2, 0) is 0 Å². The van der Waals surface area contributed by atoms with E-state index in [0.717, 1.165) is 10.4 Å². The van der Waals surface area contributed by atoms with E-state index >= 15 is 0 Å². The standard InChI is InChI=1S/C21H21N3O4S/c1-26-16-9-13(10-17(27-2)19(16)28-3)12-23-24-21(25)15-11-18(29-20(15)22)14-7-5-4-6-8-14/h4-12H,22H2,1-3H3,(H,24,25)/b23-12-. The van der Waals surface area contributed by atoms with E-state index in [1.165, 1.54) is 38.9 Å². The molecule has 0 atom stereocenters. The molecule has 8 heteroatoms. The van der Waals surface area contributed by atoms with E-state index in [4.69, 9.17) is 19.9 Å². The number of hydrazone groups is 1. The lowest BCUT2D eigenvalue weighted by Crippen LogP contribution is -2.18. The normalized spacial score (nSPS) is 10.7. The third-order valence-corrected chi connectivity index (χ3v) is 5.14. The molecule has 29 heavy (non-hydrogen) atoms. The number of rotatable bonds is 7. The van der Waals surface area contributed by atoms with Crippen LogP contribution in [0.1, 0.15) is 15.9 Å². The number of nitrogens with one attached hydrogen (secondary N) is 1. The third-order valence-electron chi connectivity index (χ3n) is 4.13. The van der Waals surface area contributed by atoms with Crippen molar-refractivity contribution in [3.63, 3.8) is 0 Å². The van der Waals surface area contributed by atoms with Crippen molar-refractivity contribution in [3.8, 4) is 27.7 Å². The molecular weight excluding hydrogens is 390 g/mol. The Morgan fingerprint density at radius 1 is 1.03 bits per heavy atom. The summed E-state index contributed by atoms with van der Waals surface area (Å²) in [7, 11) is 4.59. The number of carbonyl (C=O) groups is 1. The first-order valence-corrected chi connectivity index (χ1v) is 9.47. The van der Waals surface area contributed by atoms with Crippen LogP contribution in [0.25, 0.3) is 10.4 Å². The predicted octanol–water partition coefficient (Wildman–Crippen LogP) is 3.79. The summed E-state index contributed by atoms with van der Waals surface area (Å²) in [4.78, 5) is 13.4. The first kappa shape index (κ1) is 20.2. The maximum Gasteiger partial charge on any atom is 0.274 e. The fourth-order valence-corrected chi connectivity index (χ4v) is 3.66. The number of ether oxygens (including phenoxy) is 3. The molecule has 3 N–H and O–H groups in total. The summed E-state index contributed by atoms with van der Waals surface area (Å²) in [6.07, 6.45) is 1.49. The highest BCUT2D eigenvalue weighted by molar-refractivity contribution is 7.19. The molecule has 150 valence electrons. The minimum Gasteiger partial charge on any atom is -0.493 e. The summed E-state index contributed by atoms with van der Waals surface area (Å²) in [5.74, 6) is 1.09. The quantitative estimate of drug-likeness (QED) is 0.456. The van der Waals surface area contributed by atoms with E-state index in [0.29, 0.717) is 33.4 Å². The van der Waals surface area contributed by atoms with Crippen LogP contribution in [0.2, 0.25) is 0 Å². The van der Waals surface area contributed by atoms with E-state index in [1.807, 2.05) is 30.3 Å². The molecule has 0 saturated heterocycles. The molecule has 0 spiro atoms. The number of nitrogens with zero attached hydrogens (tertiary/aromatic N) is 1. The second-order valence-electron chi connectivity index (χ2n) is 5.91. The van der Waals surface area contributed by atoms with Crippen molar-refractivity contribution < 1.29 is 19.0 Å². The first-order chi connectivity index (χ1) is 14.1. The number of nitrogen functional groups attached to an aromatic ring is 1. The van der Waals surface area contributed by atoms with Crippen LogP contribution in [-0.4, -0.2) is 33.5 Å². The molecule has 0 fully saturated rings. The minimum absolute atomic E-state index is 0.385. The molecule has 0 aliphatic rings. The number of amides is 1. The van der Waals surface area contributed by atoms with Crippen molar-refractivity contribution in [1.82, 2.24) is 5.43 Å². The Morgan fingerprint density at radius 2 is 1.69 bits per heavy atom. The molecule has 0 saturated carbocycles. The zero-order valence-corrected chi connectivity index (χ0v) is 17.1. The average molecular weight is 411 g/mol. The van der Waals surface area contributed by atoms with Gasteiger partial charge in [0.25, 0.3) is 5.91 Å². The molecule has 2 aromatic carbocycles. The van der Waals surface area contributed by atoms with E-state index in [2.05, 4.69) is 10.5 Å². The van der Waals surface area contributed by atoms with Crippen LogP contribution < -0.4 is 25.4 Å². The third kappa shape index (κ3) is 4.49. The lowest BCUT2D eigenvalue weighted by atomic mass is 10.1. The van der Waals surface area contributed by atoms with Gasteiger partial charge in [-0.15, -0.1) is 11.3 Å². The number of thiophene rings is 1. The Bertz CT molecular complexity index is 1010. The summed E-state index contributed by atoms with van der Waals surface area (Å²) < 4.78 is 15.9. The van der Waals surface area contributed by atoms with Crippen LogP contribution >= 0.6 is 11.3 Å². The second-order valence-corrected chi connectivity index (χ2v) is 7.00. The highest BCUT2D eigenvalue weighted by Gasteiger charge is 2.15. The fourth-order valence-electron chi connectivity index (χ4n) is 2.73. The van der Waals surface area contributed by atoms with Gasteiger partial charge in [-0.05, 0) is 23.8 Å². The van der Waals surface area contributed by atoms with Crippen molar-refractivity contribution in [3.05, 3.63) is 59.7 Å². The molecular formula is C21H21N3O4S. The highest BCUT2D eigenvalue weighted by atomic mass is 32.1. The second kappa shape index (κ2) is 9.11. The van der Waals surface area contributed by atoms with Crippen LogP contribution in [0.15, 0.2) is 53.6 Å². The monoisotopic (exact) mass is 411 g/mol. The Balaban J connectivity index is 1.76. The van der Waals surface area contributed by atoms with Crippen LogP contribution in [0.3, 0.4) is 0 Å². The van der Waals surface area contributed by atoms with Crippen molar-refractivity contribution in [2.45, 2.75) is 0 Å². The van der Waals surface area contributed by atoms with Crippen LogP contribution in [0.5, 0.6) is 17.2 Å². The van der Waals surface area contributed by atoms with Crippen LogP contribution in [0.4, 0.5) is 5.00 Å². The Hall–Kier alpha value is -3.52. The lowest BCUT2D eigenvalue weighted by molar-refractivity contribution is 0.0956. The summed E-state index contributed by atoms with van der Waals surface area (Å²) in [6, 6.07) is 15.0. The Morgan fingerprint density at radius 3 is 2.28 bits per heavy atom. The Labute approximate surface area is 172 Å². The van der Waals surface area contributed by atoms with E-state index in [1.54, 1.807) is 18.2 Å². The van der Waals surface area contributed by atoms with Crippen molar-refractivity contribution >= 4 is 28.5 Å². The summed E-state index contributed by atoms with van der Waals surface area (Å²) in [5.41, 5.74) is 10.6. The maximum absolute atomic E-state index is 12.5. The summed E-state index contributed by atoms with van der Waals surface area (Å²) in [6.45, 7) is 0. The minimum atomic E-state index is -0.385. The average Bonchev–Trinajstić information content (AvgIpc) is 3.15. The number of hydrogen-bond acceptors (Lipinski definition) is 7. The molecule has 0 unspecified atom stereocenters. The molecule has 0 aliphatic heterocycles. The summed E-state index contributed by atoms with van der Waals surface area (Å²) >= 11 is 1.36. The predicted molar refractivity (Wildman–Crippen MR) is 115 cm³/mol. The molecule has 7 nitrogen and oxygen atoms in total. The number of anilines is 1. The maximum atomic E-state index is 12.5. The van der Waals surface area contributed by atoms with Gasteiger partial charge in [0.2, 0.25) is 5.75 Å². The molecule has 3 rings (SSSR count). The van der Waals surface area contributed by atoms with Gasteiger partial charge in [-0.2, -0.15) is 5.10 Å². The molecule has 0 bridgehead atoms. The molecule has 0 aliphatic carbocycles. The smallest absolute Gasteiger partial charge is 0.274 e. The van der Waals surface area contributed by atoms with Gasteiger partial charge in [0.15, 0.2) is 11.5 Å². The van der Waals surface area contributed by atoms with Gasteiger partial charge >= 0.3 is 0 Å². The number of nitrogens with two attached hydrogens (primary N) is 1. The van der Waals surface area contributed by atoms with Gasteiger partial charge in [0.05, 0.1) is 38.1 Å². The topological polar surface area (TPSA) is 95.2 Å². The van der Waals surface area contributed by atoms with Crippen molar-refractivity contribution in [1.29, 1.82) is 0 Å². The fraction of sp³-hybridized carbons (Fsp3) is 0.143. The zero-order valence-electron chi connectivity index (χ0n) is 16.3. The Kier molecular flexibility index (Phi) is 6.36. The van der Waals surface area contributed by atoms with E-state index in [-0.39, 0.29) is 5.91 Å².